The predicted octanol–water partition coefficient (Wildman–Crippen LogP) is 2.81. The molecule has 0 saturated carbocycles. The Hall–Kier alpha value is -1.11. The van der Waals surface area contributed by atoms with Crippen LogP contribution in [-0.4, -0.2) is 43.8 Å². The van der Waals surface area contributed by atoms with E-state index in [1.807, 2.05) is 38.1 Å². The Morgan fingerprint density at radius 1 is 1.32 bits per heavy atom. The lowest BCUT2D eigenvalue weighted by Crippen LogP contribution is -2.49. The first-order valence-corrected chi connectivity index (χ1v) is 9.17. The van der Waals surface area contributed by atoms with Crippen molar-refractivity contribution >= 4 is 10.2 Å². The minimum Gasteiger partial charge on any atom is -0.496 e. The van der Waals surface area contributed by atoms with E-state index in [2.05, 4.69) is 0 Å². The molecule has 1 heterocycles. The van der Waals surface area contributed by atoms with Gasteiger partial charge in [0.1, 0.15) is 5.75 Å². The van der Waals surface area contributed by atoms with Gasteiger partial charge in [0.25, 0.3) is 10.2 Å². The lowest BCUT2D eigenvalue weighted by atomic mass is 10.1. The van der Waals surface area contributed by atoms with E-state index >= 15 is 0 Å². The molecule has 1 aromatic rings. The van der Waals surface area contributed by atoms with E-state index in [-0.39, 0.29) is 12.1 Å². The molecule has 1 aliphatic heterocycles. The number of benzene rings is 1. The lowest BCUT2D eigenvalue weighted by Gasteiger charge is -2.37. The summed E-state index contributed by atoms with van der Waals surface area (Å²) in [5.41, 5.74) is 0.876. The minimum atomic E-state index is -3.47. The average Bonchev–Trinajstić information content (AvgIpc) is 2.53. The van der Waals surface area contributed by atoms with Crippen molar-refractivity contribution in [1.29, 1.82) is 0 Å². The first-order chi connectivity index (χ1) is 10.4. The summed E-state index contributed by atoms with van der Waals surface area (Å²) in [6, 6.07) is 7.33. The van der Waals surface area contributed by atoms with Crippen LogP contribution in [0.15, 0.2) is 24.3 Å². The molecule has 2 rings (SSSR count). The van der Waals surface area contributed by atoms with Crippen molar-refractivity contribution in [2.24, 2.45) is 0 Å². The van der Waals surface area contributed by atoms with Crippen LogP contribution in [0.3, 0.4) is 0 Å². The van der Waals surface area contributed by atoms with Gasteiger partial charge in [-0.25, -0.2) is 0 Å². The van der Waals surface area contributed by atoms with Crippen LogP contribution in [0.5, 0.6) is 5.75 Å². The third-order valence-electron chi connectivity index (χ3n) is 4.54. The van der Waals surface area contributed by atoms with Crippen LogP contribution in [0, 0.1) is 0 Å². The molecule has 0 aliphatic carbocycles. The molecule has 0 N–H and O–H groups in total. The van der Waals surface area contributed by atoms with Gasteiger partial charge in [0.05, 0.1) is 13.2 Å². The van der Waals surface area contributed by atoms with E-state index in [0.29, 0.717) is 12.3 Å². The fourth-order valence-corrected chi connectivity index (χ4v) is 4.75. The van der Waals surface area contributed by atoms with E-state index in [1.54, 1.807) is 18.5 Å². The van der Waals surface area contributed by atoms with Crippen LogP contribution in [-0.2, 0) is 10.2 Å². The van der Waals surface area contributed by atoms with Crippen molar-refractivity contribution in [3.05, 3.63) is 29.8 Å². The molecular formula is C16H26N2O3S. The summed E-state index contributed by atoms with van der Waals surface area (Å²) < 4.78 is 34.3. The van der Waals surface area contributed by atoms with E-state index < -0.39 is 10.2 Å². The largest absolute Gasteiger partial charge is 0.496 e. The van der Waals surface area contributed by atoms with Crippen LogP contribution in [0.1, 0.15) is 44.7 Å². The number of nitrogens with zero attached hydrogens (tertiary/aromatic N) is 2. The second-order valence-corrected chi connectivity index (χ2v) is 7.84. The molecule has 0 aromatic heterocycles. The van der Waals surface area contributed by atoms with Gasteiger partial charge in [0.15, 0.2) is 0 Å². The Kier molecular flexibility index (Phi) is 5.47. The molecule has 0 amide bonds. The Labute approximate surface area is 134 Å². The molecule has 1 aromatic carbocycles. The highest BCUT2D eigenvalue weighted by atomic mass is 32.2. The molecule has 22 heavy (non-hydrogen) atoms. The Bertz CT molecular complexity index is 603. The molecular weight excluding hydrogens is 300 g/mol. The highest BCUT2D eigenvalue weighted by Gasteiger charge is 2.35. The van der Waals surface area contributed by atoms with Crippen molar-refractivity contribution in [2.75, 3.05) is 20.7 Å². The van der Waals surface area contributed by atoms with Gasteiger partial charge in [-0.1, -0.05) is 24.6 Å². The highest BCUT2D eigenvalue weighted by molar-refractivity contribution is 7.86. The van der Waals surface area contributed by atoms with Crippen molar-refractivity contribution in [2.45, 2.75) is 45.2 Å². The molecule has 0 spiro atoms. The summed E-state index contributed by atoms with van der Waals surface area (Å²) in [4.78, 5) is 0. The zero-order valence-electron chi connectivity index (χ0n) is 13.8. The Balaban J connectivity index is 2.27. The first kappa shape index (κ1) is 17.2. The molecule has 1 fully saturated rings. The van der Waals surface area contributed by atoms with E-state index in [4.69, 9.17) is 4.74 Å². The van der Waals surface area contributed by atoms with Crippen LogP contribution < -0.4 is 4.74 Å². The second kappa shape index (κ2) is 6.98. The van der Waals surface area contributed by atoms with Gasteiger partial charge in [0, 0.05) is 25.2 Å². The number of hydrogen-bond acceptors (Lipinski definition) is 3. The SMILES string of the molecule is COc1ccccc1[C@@H](C)N(C)S(=O)(=O)N1CCCC[C@@H]1C. The van der Waals surface area contributed by atoms with E-state index in [1.165, 1.54) is 4.31 Å². The number of ether oxygens (including phenoxy) is 1. The van der Waals surface area contributed by atoms with Crippen molar-refractivity contribution in [1.82, 2.24) is 8.61 Å². The van der Waals surface area contributed by atoms with Crippen molar-refractivity contribution in [3.63, 3.8) is 0 Å². The molecule has 5 nitrogen and oxygen atoms in total. The van der Waals surface area contributed by atoms with Crippen LogP contribution in [0.4, 0.5) is 0 Å². The van der Waals surface area contributed by atoms with Crippen LogP contribution in [0.25, 0.3) is 0 Å². The molecule has 1 aliphatic rings. The number of rotatable bonds is 5. The maximum absolute atomic E-state index is 12.9. The number of hydrogen-bond donors (Lipinski definition) is 0. The third kappa shape index (κ3) is 3.29. The van der Waals surface area contributed by atoms with Gasteiger partial charge in [-0.15, -0.1) is 0 Å². The highest BCUT2D eigenvalue weighted by Crippen LogP contribution is 2.32. The maximum atomic E-state index is 12.9. The monoisotopic (exact) mass is 326 g/mol. The summed E-state index contributed by atoms with van der Waals surface area (Å²) in [5, 5.41) is 0. The summed E-state index contributed by atoms with van der Waals surface area (Å²) in [6.45, 7) is 4.48. The molecule has 124 valence electrons. The lowest BCUT2D eigenvalue weighted by molar-refractivity contribution is 0.241. The Morgan fingerprint density at radius 3 is 2.64 bits per heavy atom. The molecule has 0 bridgehead atoms. The molecule has 6 heteroatoms. The van der Waals surface area contributed by atoms with Gasteiger partial charge < -0.3 is 4.74 Å². The second-order valence-electron chi connectivity index (χ2n) is 5.90. The molecule has 0 unspecified atom stereocenters. The molecule has 0 radical (unpaired) electrons. The minimum absolute atomic E-state index is 0.0612. The number of piperidine rings is 1. The first-order valence-electron chi connectivity index (χ1n) is 7.77. The topological polar surface area (TPSA) is 49.9 Å². The summed E-state index contributed by atoms with van der Waals surface area (Å²) in [5.74, 6) is 0.712. The third-order valence-corrected chi connectivity index (χ3v) is 6.72. The zero-order valence-corrected chi connectivity index (χ0v) is 14.6. The van der Waals surface area contributed by atoms with Crippen molar-refractivity contribution in [3.8, 4) is 5.75 Å². The summed E-state index contributed by atoms with van der Waals surface area (Å²) >= 11 is 0. The van der Waals surface area contributed by atoms with Crippen LogP contribution >= 0.6 is 0 Å². The number of methoxy groups -OCH3 is 1. The van der Waals surface area contributed by atoms with Gasteiger partial charge in [0.2, 0.25) is 0 Å². The van der Waals surface area contributed by atoms with Gasteiger partial charge in [-0.2, -0.15) is 17.0 Å². The zero-order chi connectivity index (χ0) is 16.3. The Morgan fingerprint density at radius 2 is 2.00 bits per heavy atom. The smallest absolute Gasteiger partial charge is 0.282 e. The van der Waals surface area contributed by atoms with Crippen molar-refractivity contribution < 1.29 is 13.2 Å². The fourth-order valence-electron chi connectivity index (χ4n) is 2.99. The predicted molar refractivity (Wildman–Crippen MR) is 88.1 cm³/mol. The summed E-state index contributed by atoms with van der Waals surface area (Å²) in [6.07, 6.45) is 2.95. The normalized spacial score (nSPS) is 21.8. The fraction of sp³-hybridized carbons (Fsp3) is 0.625. The summed E-state index contributed by atoms with van der Waals surface area (Å²) in [7, 11) is -0.222. The van der Waals surface area contributed by atoms with E-state index in [0.717, 1.165) is 24.8 Å². The molecule has 2 atom stereocenters. The van der Waals surface area contributed by atoms with Crippen LogP contribution in [0.2, 0.25) is 0 Å². The average molecular weight is 326 g/mol. The maximum Gasteiger partial charge on any atom is 0.282 e. The molecule has 1 saturated heterocycles. The van der Waals surface area contributed by atoms with E-state index in [9.17, 15) is 8.42 Å². The quantitative estimate of drug-likeness (QED) is 0.836. The van der Waals surface area contributed by atoms with Gasteiger partial charge >= 0.3 is 0 Å². The van der Waals surface area contributed by atoms with Gasteiger partial charge in [-0.3, -0.25) is 0 Å². The standard InChI is InChI=1S/C16H26N2O3S/c1-13-9-7-8-12-18(13)22(19,20)17(3)14(2)15-10-5-6-11-16(15)21-4/h5-6,10-11,13-14H,7-9,12H2,1-4H3/t13-,14+/m0/s1. The van der Waals surface area contributed by atoms with Gasteiger partial charge in [-0.05, 0) is 32.8 Å². The number of para-hydroxylation sites is 1.